The number of hydrogen-bond acceptors (Lipinski definition) is 3. The van der Waals surface area contributed by atoms with Crippen LogP contribution in [0.2, 0.25) is 0 Å². The monoisotopic (exact) mass is 327 g/mol. The van der Waals surface area contributed by atoms with Crippen LogP contribution in [-0.2, 0) is 6.61 Å². The Morgan fingerprint density at radius 1 is 1.08 bits per heavy atom. The molecule has 0 fully saturated rings. The van der Waals surface area contributed by atoms with Gasteiger partial charge in [0.25, 0.3) is 5.91 Å². The largest absolute Gasteiger partial charge is 0.493 e. The van der Waals surface area contributed by atoms with Crippen LogP contribution < -0.4 is 14.8 Å². The highest BCUT2D eigenvalue weighted by molar-refractivity contribution is 5.94. The molecule has 0 unspecified atom stereocenters. The molecule has 0 heterocycles. The van der Waals surface area contributed by atoms with E-state index in [1.54, 1.807) is 13.1 Å². The van der Waals surface area contributed by atoms with Gasteiger partial charge in [-0.25, -0.2) is 0 Å². The summed E-state index contributed by atoms with van der Waals surface area (Å²) >= 11 is 0. The summed E-state index contributed by atoms with van der Waals surface area (Å²) in [5, 5.41) is 2.64. The number of benzene rings is 2. The molecule has 0 radical (unpaired) electrons. The fraction of sp³-hybridized carbons (Fsp3) is 0.350. The van der Waals surface area contributed by atoms with Gasteiger partial charge in [0.2, 0.25) is 0 Å². The third-order valence-corrected chi connectivity index (χ3v) is 3.77. The van der Waals surface area contributed by atoms with E-state index in [4.69, 9.17) is 9.47 Å². The van der Waals surface area contributed by atoms with E-state index >= 15 is 0 Å². The molecule has 1 amide bonds. The van der Waals surface area contributed by atoms with Gasteiger partial charge in [-0.15, -0.1) is 0 Å². The Bertz CT molecular complexity index is 695. The fourth-order valence-corrected chi connectivity index (χ4v) is 2.52. The molecule has 24 heavy (non-hydrogen) atoms. The lowest BCUT2D eigenvalue weighted by Crippen LogP contribution is -2.18. The van der Waals surface area contributed by atoms with E-state index in [0.29, 0.717) is 24.7 Å². The molecule has 0 spiro atoms. The van der Waals surface area contributed by atoms with Crippen LogP contribution in [0.4, 0.5) is 0 Å². The first-order chi connectivity index (χ1) is 11.6. The summed E-state index contributed by atoms with van der Waals surface area (Å²) in [5.74, 6) is 1.86. The number of carbonyl (C=O) groups excluding carboxylic acids is 1. The average Bonchev–Trinajstić information content (AvgIpc) is 2.60. The van der Waals surface area contributed by atoms with Crippen molar-refractivity contribution in [1.29, 1.82) is 0 Å². The molecule has 2 aromatic carbocycles. The summed E-state index contributed by atoms with van der Waals surface area (Å²) in [5.41, 5.74) is 2.62. The quantitative estimate of drug-likeness (QED) is 0.831. The molecule has 0 saturated carbocycles. The van der Waals surface area contributed by atoms with Gasteiger partial charge in [0.15, 0.2) is 0 Å². The van der Waals surface area contributed by atoms with Crippen LogP contribution in [-0.4, -0.2) is 19.6 Å². The predicted molar refractivity (Wildman–Crippen MR) is 95.9 cm³/mol. The Kier molecular flexibility index (Phi) is 6.24. The fourth-order valence-electron chi connectivity index (χ4n) is 2.52. The number of hydrogen-bond donors (Lipinski definition) is 1. The number of ether oxygens (including phenoxy) is 2. The summed E-state index contributed by atoms with van der Waals surface area (Å²) in [6.45, 7) is 7.13. The molecule has 0 aliphatic carbocycles. The van der Waals surface area contributed by atoms with Crippen molar-refractivity contribution < 1.29 is 14.3 Å². The van der Waals surface area contributed by atoms with Crippen molar-refractivity contribution in [2.75, 3.05) is 13.7 Å². The van der Waals surface area contributed by atoms with E-state index in [2.05, 4.69) is 25.2 Å². The minimum absolute atomic E-state index is 0.123. The van der Waals surface area contributed by atoms with Crippen LogP contribution in [0.3, 0.4) is 0 Å². The summed E-state index contributed by atoms with van der Waals surface area (Å²) < 4.78 is 11.7. The van der Waals surface area contributed by atoms with Crippen LogP contribution in [0.1, 0.15) is 48.2 Å². The Hall–Kier alpha value is -2.49. The zero-order valence-electron chi connectivity index (χ0n) is 14.8. The second-order valence-corrected chi connectivity index (χ2v) is 5.82. The highest BCUT2D eigenvalue weighted by atomic mass is 16.5. The Balaban J connectivity index is 2.26. The first kappa shape index (κ1) is 17.9. The maximum absolute atomic E-state index is 11.9. The number of nitrogens with one attached hydrogen (secondary N) is 1. The first-order valence-corrected chi connectivity index (χ1v) is 8.26. The topological polar surface area (TPSA) is 47.6 Å². The van der Waals surface area contributed by atoms with Gasteiger partial charge >= 0.3 is 0 Å². The number of rotatable bonds is 7. The lowest BCUT2D eigenvalue weighted by molar-refractivity contribution is 0.0963. The molecular formula is C20H25NO3. The van der Waals surface area contributed by atoms with Gasteiger partial charge in [-0.3, -0.25) is 4.79 Å². The predicted octanol–water partition coefficient (Wildman–Crippen LogP) is 4.15. The van der Waals surface area contributed by atoms with Gasteiger partial charge in [0.1, 0.15) is 18.1 Å². The molecule has 0 aliphatic heterocycles. The average molecular weight is 327 g/mol. The van der Waals surface area contributed by atoms with Crippen LogP contribution in [0.15, 0.2) is 42.5 Å². The number of amides is 1. The molecule has 0 bridgehead atoms. The van der Waals surface area contributed by atoms with E-state index < -0.39 is 0 Å². The molecule has 4 heteroatoms. The van der Waals surface area contributed by atoms with Crippen LogP contribution >= 0.6 is 0 Å². The van der Waals surface area contributed by atoms with Crippen LogP contribution in [0, 0.1) is 0 Å². The molecular weight excluding hydrogens is 302 g/mol. The SMILES string of the molecule is CCOc1ccc(C(=O)NC)cc1COc1ccccc1C(C)C. The Labute approximate surface area is 143 Å². The zero-order chi connectivity index (χ0) is 17.5. The zero-order valence-corrected chi connectivity index (χ0v) is 14.8. The minimum atomic E-state index is -0.123. The van der Waals surface area contributed by atoms with Gasteiger partial charge in [0, 0.05) is 18.2 Å². The van der Waals surface area contributed by atoms with Gasteiger partial charge < -0.3 is 14.8 Å². The Morgan fingerprint density at radius 2 is 1.83 bits per heavy atom. The van der Waals surface area contributed by atoms with Crippen molar-refractivity contribution in [3.63, 3.8) is 0 Å². The van der Waals surface area contributed by atoms with Crippen molar-refractivity contribution in [1.82, 2.24) is 5.32 Å². The lowest BCUT2D eigenvalue weighted by Gasteiger charge is -2.16. The molecule has 128 valence electrons. The van der Waals surface area contributed by atoms with E-state index in [1.165, 1.54) is 0 Å². The molecule has 0 saturated heterocycles. The van der Waals surface area contributed by atoms with Crippen molar-refractivity contribution in [3.05, 3.63) is 59.2 Å². The highest BCUT2D eigenvalue weighted by Gasteiger charge is 2.12. The number of para-hydroxylation sites is 1. The summed E-state index contributed by atoms with van der Waals surface area (Å²) in [7, 11) is 1.62. The molecule has 4 nitrogen and oxygen atoms in total. The molecule has 0 aromatic heterocycles. The minimum Gasteiger partial charge on any atom is -0.493 e. The van der Waals surface area contributed by atoms with Crippen LogP contribution in [0.25, 0.3) is 0 Å². The normalized spacial score (nSPS) is 10.5. The van der Waals surface area contributed by atoms with Gasteiger partial charge in [0.05, 0.1) is 6.61 Å². The summed E-state index contributed by atoms with van der Waals surface area (Å²) in [6.07, 6.45) is 0. The smallest absolute Gasteiger partial charge is 0.251 e. The van der Waals surface area contributed by atoms with Crippen molar-refractivity contribution in [2.24, 2.45) is 0 Å². The van der Waals surface area contributed by atoms with E-state index in [9.17, 15) is 4.79 Å². The summed E-state index contributed by atoms with van der Waals surface area (Å²) in [6, 6.07) is 13.4. The van der Waals surface area contributed by atoms with E-state index in [1.807, 2.05) is 37.3 Å². The van der Waals surface area contributed by atoms with Crippen molar-refractivity contribution in [2.45, 2.75) is 33.3 Å². The molecule has 0 aliphatic rings. The second kappa shape index (κ2) is 8.39. The van der Waals surface area contributed by atoms with Crippen LogP contribution in [0.5, 0.6) is 11.5 Å². The third kappa shape index (κ3) is 4.28. The molecule has 1 N–H and O–H groups in total. The van der Waals surface area contributed by atoms with E-state index in [0.717, 1.165) is 22.6 Å². The van der Waals surface area contributed by atoms with Gasteiger partial charge in [-0.2, -0.15) is 0 Å². The summed E-state index contributed by atoms with van der Waals surface area (Å²) in [4.78, 5) is 11.9. The maximum atomic E-state index is 11.9. The Morgan fingerprint density at radius 3 is 2.50 bits per heavy atom. The third-order valence-electron chi connectivity index (χ3n) is 3.77. The standard InChI is InChI=1S/C20H25NO3/c1-5-23-18-11-10-15(20(22)21-4)12-16(18)13-24-19-9-7-6-8-17(19)14(2)3/h6-12,14H,5,13H2,1-4H3,(H,21,22). The lowest BCUT2D eigenvalue weighted by atomic mass is 10.0. The molecule has 2 aromatic rings. The highest BCUT2D eigenvalue weighted by Crippen LogP contribution is 2.28. The van der Waals surface area contributed by atoms with Crippen molar-refractivity contribution in [3.8, 4) is 11.5 Å². The number of carbonyl (C=O) groups is 1. The maximum Gasteiger partial charge on any atom is 0.251 e. The van der Waals surface area contributed by atoms with E-state index in [-0.39, 0.29) is 5.91 Å². The first-order valence-electron chi connectivity index (χ1n) is 8.26. The molecule has 2 rings (SSSR count). The van der Waals surface area contributed by atoms with Gasteiger partial charge in [-0.05, 0) is 42.7 Å². The molecule has 0 atom stereocenters. The van der Waals surface area contributed by atoms with Crippen molar-refractivity contribution >= 4 is 5.91 Å². The second-order valence-electron chi connectivity index (χ2n) is 5.82. The van der Waals surface area contributed by atoms with Gasteiger partial charge in [-0.1, -0.05) is 32.0 Å².